The first-order valence-corrected chi connectivity index (χ1v) is 14.0. The van der Waals surface area contributed by atoms with Gasteiger partial charge in [-0.2, -0.15) is 0 Å². The molecule has 1 fully saturated rings. The number of likely N-dealkylation sites (tertiary alicyclic amines) is 1. The molecule has 3 rings (SSSR count). The number of rotatable bonds is 15. The SMILES string of the molecule is CCCCCCCCCCCCN1C(=O)C(=O)C(=C(O)c2ccc(OC)cc2)[C@@H]1c1ccc(C(=O)OC)cc1. The molecule has 0 bridgehead atoms. The number of Topliss-reactive ketones (excluding diaryl/α,β-unsaturated/α-hetero) is 1. The van der Waals surface area contributed by atoms with Crippen LogP contribution in [-0.2, 0) is 14.3 Å². The minimum absolute atomic E-state index is 0.0445. The van der Waals surface area contributed by atoms with Gasteiger partial charge in [-0.1, -0.05) is 76.8 Å². The number of esters is 1. The summed E-state index contributed by atoms with van der Waals surface area (Å²) >= 11 is 0. The Balaban J connectivity index is 1.78. The highest BCUT2D eigenvalue weighted by atomic mass is 16.5. The Kier molecular flexibility index (Phi) is 11.6. The molecule has 0 aromatic heterocycles. The summed E-state index contributed by atoms with van der Waals surface area (Å²) in [4.78, 5) is 39.9. The van der Waals surface area contributed by atoms with Gasteiger partial charge >= 0.3 is 5.97 Å². The number of ketones is 1. The topological polar surface area (TPSA) is 93.1 Å². The number of carbonyl (C=O) groups is 3. The van der Waals surface area contributed by atoms with Crippen LogP contribution in [0.3, 0.4) is 0 Å². The summed E-state index contributed by atoms with van der Waals surface area (Å²) in [6.07, 6.45) is 11.6. The standard InChI is InChI=1S/C32H41NO6/c1-4-5-6-7-8-9-10-11-12-13-22-33-28(23-14-16-25(17-15-23)32(37)39-3)27(30(35)31(33)36)29(34)24-18-20-26(38-2)21-19-24/h14-21,28,34H,4-13,22H2,1-3H3/t28-/m0/s1. The van der Waals surface area contributed by atoms with Gasteiger partial charge < -0.3 is 19.5 Å². The fraction of sp³-hybridized carbons (Fsp3) is 0.469. The minimum atomic E-state index is -0.752. The van der Waals surface area contributed by atoms with E-state index < -0.39 is 23.7 Å². The van der Waals surface area contributed by atoms with E-state index in [2.05, 4.69) is 6.92 Å². The average molecular weight is 536 g/mol. The van der Waals surface area contributed by atoms with Gasteiger partial charge in [0.1, 0.15) is 11.5 Å². The predicted octanol–water partition coefficient (Wildman–Crippen LogP) is 6.82. The van der Waals surface area contributed by atoms with E-state index in [1.807, 2.05) is 0 Å². The molecule has 0 radical (unpaired) electrons. The van der Waals surface area contributed by atoms with Crippen LogP contribution in [0.4, 0.5) is 0 Å². The normalized spacial score (nSPS) is 16.5. The first kappa shape index (κ1) is 29.9. The summed E-state index contributed by atoms with van der Waals surface area (Å²) in [6.45, 7) is 2.63. The van der Waals surface area contributed by atoms with Crippen LogP contribution in [0.2, 0.25) is 0 Å². The number of unbranched alkanes of at least 4 members (excludes halogenated alkanes) is 9. The van der Waals surface area contributed by atoms with Crippen molar-refractivity contribution in [3.8, 4) is 5.75 Å². The molecule has 1 aliphatic heterocycles. The number of ether oxygens (including phenoxy) is 2. The van der Waals surface area contributed by atoms with Crippen molar-refractivity contribution in [3.63, 3.8) is 0 Å². The van der Waals surface area contributed by atoms with Crippen LogP contribution in [0.5, 0.6) is 5.75 Å². The summed E-state index contributed by atoms with van der Waals surface area (Å²) in [5.41, 5.74) is 1.47. The fourth-order valence-electron chi connectivity index (χ4n) is 5.05. The lowest BCUT2D eigenvalue weighted by molar-refractivity contribution is -0.139. The van der Waals surface area contributed by atoms with E-state index in [1.54, 1.807) is 60.5 Å². The summed E-state index contributed by atoms with van der Waals surface area (Å²) in [5.74, 6) is -1.42. The maximum atomic E-state index is 13.2. The predicted molar refractivity (Wildman–Crippen MR) is 152 cm³/mol. The molecule has 1 aliphatic rings. The monoisotopic (exact) mass is 535 g/mol. The van der Waals surface area contributed by atoms with Crippen LogP contribution in [0, 0.1) is 0 Å². The van der Waals surface area contributed by atoms with Crippen LogP contribution in [-0.4, -0.2) is 48.4 Å². The maximum absolute atomic E-state index is 13.2. The fourth-order valence-corrected chi connectivity index (χ4v) is 5.05. The Morgan fingerprint density at radius 1 is 0.795 bits per heavy atom. The minimum Gasteiger partial charge on any atom is -0.507 e. The Labute approximate surface area is 231 Å². The van der Waals surface area contributed by atoms with Gasteiger partial charge in [-0.25, -0.2) is 4.79 Å². The third-order valence-corrected chi connectivity index (χ3v) is 7.30. The smallest absolute Gasteiger partial charge is 0.337 e. The zero-order valence-electron chi connectivity index (χ0n) is 23.4. The van der Waals surface area contributed by atoms with Crippen molar-refractivity contribution in [3.05, 3.63) is 70.8 Å². The number of benzene rings is 2. The van der Waals surface area contributed by atoms with E-state index in [0.29, 0.717) is 29.0 Å². The van der Waals surface area contributed by atoms with Gasteiger partial charge in [0.15, 0.2) is 0 Å². The molecule has 1 atom stereocenters. The van der Waals surface area contributed by atoms with Gasteiger partial charge in [0.2, 0.25) is 0 Å². The molecule has 210 valence electrons. The van der Waals surface area contributed by atoms with Crippen molar-refractivity contribution in [2.75, 3.05) is 20.8 Å². The van der Waals surface area contributed by atoms with Crippen molar-refractivity contribution in [1.29, 1.82) is 0 Å². The second-order valence-electron chi connectivity index (χ2n) is 10.0. The average Bonchev–Trinajstić information content (AvgIpc) is 3.22. The number of amides is 1. The van der Waals surface area contributed by atoms with Crippen LogP contribution in [0.15, 0.2) is 54.1 Å². The highest BCUT2D eigenvalue weighted by Gasteiger charge is 2.45. The first-order chi connectivity index (χ1) is 18.9. The molecular formula is C32H41NO6. The van der Waals surface area contributed by atoms with Gasteiger partial charge in [0.05, 0.1) is 31.4 Å². The van der Waals surface area contributed by atoms with Crippen molar-refractivity contribution in [2.45, 2.75) is 77.2 Å². The molecule has 7 nitrogen and oxygen atoms in total. The van der Waals surface area contributed by atoms with Crippen LogP contribution >= 0.6 is 0 Å². The van der Waals surface area contributed by atoms with E-state index in [9.17, 15) is 19.5 Å². The van der Waals surface area contributed by atoms with E-state index in [-0.39, 0.29) is 11.3 Å². The van der Waals surface area contributed by atoms with E-state index >= 15 is 0 Å². The van der Waals surface area contributed by atoms with Crippen molar-refractivity contribution in [2.24, 2.45) is 0 Å². The number of carbonyl (C=O) groups excluding carboxylic acids is 3. The van der Waals surface area contributed by atoms with Gasteiger partial charge in [-0.15, -0.1) is 0 Å². The van der Waals surface area contributed by atoms with Crippen LogP contribution in [0.25, 0.3) is 5.76 Å². The molecule has 0 aliphatic carbocycles. The highest BCUT2D eigenvalue weighted by Crippen LogP contribution is 2.40. The summed E-state index contributed by atoms with van der Waals surface area (Å²) < 4.78 is 9.99. The molecular weight excluding hydrogens is 494 g/mol. The second kappa shape index (κ2) is 15.1. The molecule has 1 saturated heterocycles. The number of methoxy groups -OCH3 is 2. The molecule has 0 unspecified atom stereocenters. The lowest BCUT2D eigenvalue weighted by Crippen LogP contribution is -2.30. The Morgan fingerprint density at radius 2 is 1.33 bits per heavy atom. The Bertz CT molecular complexity index is 1140. The van der Waals surface area contributed by atoms with Crippen molar-refractivity contribution in [1.82, 2.24) is 4.90 Å². The van der Waals surface area contributed by atoms with Gasteiger partial charge in [-0.05, 0) is 48.4 Å². The van der Waals surface area contributed by atoms with Crippen LogP contribution < -0.4 is 4.74 Å². The van der Waals surface area contributed by atoms with Crippen LogP contribution in [0.1, 0.15) is 98.7 Å². The first-order valence-electron chi connectivity index (χ1n) is 14.0. The Morgan fingerprint density at radius 3 is 1.87 bits per heavy atom. The van der Waals surface area contributed by atoms with Gasteiger partial charge in [-0.3, -0.25) is 9.59 Å². The summed E-state index contributed by atoms with van der Waals surface area (Å²) in [6, 6.07) is 12.6. The molecule has 1 amide bonds. The summed E-state index contributed by atoms with van der Waals surface area (Å²) in [5, 5.41) is 11.2. The van der Waals surface area contributed by atoms with Crippen molar-refractivity contribution < 1.29 is 29.0 Å². The second-order valence-corrected chi connectivity index (χ2v) is 10.0. The number of aliphatic hydroxyl groups is 1. The number of nitrogens with zero attached hydrogens (tertiary/aromatic N) is 1. The molecule has 2 aromatic rings. The zero-order valence-corrected chi connectivity index (χ0v) is 23.4. The van der Waals surface area contributed by atoms with E-state index in [4.69, 9.17) is 9.47 Å². The largest absolute Gasteiger partial charge is 0.507 e. The molecule has 0 saturated carbocycles. The lowest BCUT2D eigenvalue weighted by Gasteiger charge is -2.25. The maximum Gasteiger partial charge on any atom is 0.337 e. The molecule has 1 heterocycles. The third kappa shape index (κ3) is 7.71. The number of aliphatic hydroxyl groups excluding tert-OH is 1. The Hall–Kier alpha value is -3.61. The van der Waals surface area contributed by atoms with Crippen molar-refractivity contribution >= 4 is 23.4 Å². The molecule has 1 N–H and O–H groups in total. The van der Waals surface area contributed by atoms with E-state index in [1.165, 1.54) is 52.1 Å². The molecule has 2 aromatic carbocycles. The van der Waals surface area contributed by atoms with Gasteiger partial charge in [0.25, 0.3) is 11.7 Å². The van der Waals surface area contributed by atoms with Gasteiger partial charge in [0, 0.05) is 12.1 Å². The molecule has 39 heavy (non-hydrogen) atoms. The molecule has 0 spiro atoms. The lowest BCUT2D eigenvalue weighted by atomic mass is 9.94. The third-order valence-electron chi connectivity index (χ3n) is 7.30. The zero-order chi connectivity index (χ0) is 28.2. The molecule has 7 heteroatoms. The highest BCUT2D eigenvalue weighted by molar-refractivity contribution is 6.46. The van der Waals surface area contributed by atoms with E-state index in [0.717, 1.165) is 19.3 Å². The number of hydrogen-bond acceptors (Lipinski definition) is 6. The quantitative estimate of drug-likeness (QED) is 0.0884. The summed E-state index contributed by atoms with van der Waals surface area (Å²) in [7, 11) is 2.86. The number of hydrogen-bond donors (Lipinski definition) is 1.